The van der Waals surface area contributed by atoms with E-state index in [0.717, 1.165) is 25.9 Å². The van der Waals surface area contributed by atoms with Crippen LogP contribution in [0.1, 0.15) is 39.0 Å². The maximum absolute atomic E-state index is 13.7. The number of halogens is 2. The normalized spacial score (nSPS) is 18.6. The van der Waals surface area contributed by atoms with Gasteiger partial charge in [0.25, 0.3) is 5.91 Å². The Morgan fingerprint density at radius 1 is 1.24 bits per heavy atom. The van der Waals surface area contributed by atoms with Crippen molar-refractivity contribution in [2.75, 3.05) is 18.4 Å². The Kier molecular flexibility index (Phi) is 6.00. The summed E-state index contributed by atoms with van der Waals surface area (Å²) in [6, 6.07) is 4.13. The van der Waals surface area contributed by atoms with Gasteiger partial charge in [-0.2, -0.15) is 0 Å². The van der Waals surface area contributed by atoms with Gasteiger partial charge in [-0.25, -0.2) is 4.39 Å². The number of anilines is 1. The Bertz CT molecular complexity index is 487. The quantitative estimate of drug-likeness (QED) is 0.884. The van der Waals surface area contributed by atoms with Gasteiger partial charge < -0.3 is 10.2 Å². The summed E-state index contributed by atoms with van der Waals surface area (Å²) in [6.07, 6.45) is 6.08. The molecule has 1 aliphatic heterocycles. The van der Waals surface area contributed by atoms with Crippen LogP contribution in [0, 0.1) is 5.82 Å². The molecule has 1 aliphatic rings. The van der Waals surface area contributed by atoms with Gasteiger partial charge in [0.15, 0.2) is 6.04 Å². The molecular weight excluding hydrogens is 291 g/mol. The van der Waals surface area contributed by atoms with E-state index >= 15 is 0 Å². The van der Waals surface area contributed by atoms with Crippen LogP contribution >= 0.6 is 11.6 Å². The first-order chi connectivity index (χ1) is 10.1. The molecule has 0 aromatic heterocycles. The zero-order valence-electron chi connectivity index (χ0n) is 12.4. The van der Waals surface area contributed by atoms with Crippen LogP contribution in [-0.2, 0) is 4.79 Å². The lowest BCUT2D eigenvalue weighted by Gasteiger charge is -2.27. The number of carbonyl (C=O) groups excluding carboxylic acids is 1. The SMILES string of the molecule is C[C@H](C(=O)Nc1ccc(Cl)cc1F)[NH+]1CCCCCCC1. The lowest BCUT2D eigenvalue weighted by atomic mass is 10.1. The molecule has 0 bridgehead atoms. The molecule has 1 aromatic carbocycles. The number of likely N-dealkylation sites (tertiary alicyclic amines) is 1. The molecule has 1 aromatic rings. The van der Waals surface area contributed by atoms with E-state index in [2.05, 4.69) is 5.32 Å². The smallest absolute Gasteiger partial charge is 0.282 e. The lowest BCUT2D eigenvalue weighted by molar-refractivity contribution is -0.914. The van der Waals surface area contributed by atoms with E-state index in [0.29, 0.717) is 5.02 Å². The maximum Gasteiger partial charge on any atom is 0.282 e. The molecule has 0 saturated carbocycles. The van der Waals surface area contributed by atoms with Gasteiger partial charge in [-0.05, 0) is 50.8 Å². The molecule has 3 nitrogen and oxygen atoms in total. The Morgan fingerprint density at radius 2 is 1.86 bits per heavy atom. The third kappa shape index (κ3) is 4.68. The molecule has 0 radical (unpaired) electrons. The zero-order chi connectivity index (χ0) is 15.2. The van der Waals surface area contributed by atoms with Crippen molar-refractivity contribution >= 4 is 23.2 Å². The van der Waals surface area contributed by atoms with Crippen molar-refractivity contribution < 1.29 is 14.1 Å². The van der Waals surface area contributed by atoms with Gasteiger partial charge in [0, 0.05) is 5.02 Å². The fraction of sp³-hybridized carbons (Fsp3) is 0.562. The molecule has 1 fully saturated rings. The first-order valence-electron chi connectivity index (χ1n) is 7.68. The molecule has 21 heavy (non-hydrogen) atoms. The highest BCUT2D eigenvalue weighted by Gasteiger charge is 2.25. The van der Waals surface area contributed by atoms with Gasteiger partial charge >= 0.3 is 0 Å². The Balaban J connectivity index is 1.97. The van der Waals surface area contributed by atoms with Crippen molar-refractivity contribution in [3.8, 4) is 0 Å². The van der Waals surface area contributed by atoms with Gasteiger partial charge in [-0.3, -0.25) is 4.79 Å². The van der Waals surface area contributed by atoms with Crippen LogP contribution in [0.5, 0.6) is 0 Å². The maximum atomic E-state index is 13.7. The largest absolute Gasteiger partial charge is 0.325 e. The van der Waals surface area contributed by atoms with Gasteiger partial charge in [0.1, 0.15) is 5.82 Å². The second-order valence-corrected chi connectivity index (χ2v) is 6.20. The predicted octanol–water partition coefficient (Wildman–Crippen LogP) is 2.66. The number of nitrogens with one attached hydrogen (secondary N) is 2. The minimum Gasteiger partial charge on any atom is -0.325 e. The van der Waals surface area contributed by atoms with E-state index in [9.17, 15) is 9.18 Å². The third-order valence-electron chi connectivity index (χ3n) is 4.19. The zero-order valence-corrected chi connectivity index (χ0v) is 13.2. The highest BCUT2D eigenvalue weighted by Crippen LogP contribution is 2.18. The predicted molar refractivity (Wildman–Crippen MR) is 83.3 cm³/mol. The Labute approximate surface area is 130 Å². The number of amides is 1. The Morgan fingerprint density at radius 3 is 2.48 bits per heavy atom. The number of hydrogen-bond donors (Lipinski definition) is 2. The van der Waals surface area contributed by atoms with Crippen LogP contribution in [0.15, 0.2) is 18.2 Å². The highest BCUT2D eigenvalue weighted by molar-refractivity contribution is 6.30. The molecule has 0 spiro atoms. The van der Waals surface area contributed by atoms with Crippen molar-refractivity contribution in [2.24, 2.45) is 0 Å². The summed E-state index contributed by atoms with van der Waals surface area (Å²) in [6.45, 7) is 3.94. The highest BCUT2D eigenvalue weighted by atomic mass is 35.5. The molecule has 1 heterocycles. The lowest BCUT2D eigenvalue weighted by Crippen LogP contribution is -3.16. The van der Waals surface area contributed by atoms with E-state index in [1.807, 2.05) is 6.92 Å². The second kappa shape index (κ2) is 7.76. The summed E-state index contributed by atoms with van der Waals surface area (Å²) in [5, 5.41) is 3.00. The molecule has 5 heteroatoms. The second-order valence-electron chi connectivity index (χ2n) is 5.76. The van der Waals surface area contributed by atoms with Gasteiger partial charge in [-0.15, -0.1) is 0 Å². The summed E-state index contributed by atoms with van der Waals surface area (Å²) in [5.74, 6) is -0.627. The Hall–Kier alpha value is -1.13. The van der Waals surface area contributed by atoms with Gasteiger partial charge in [0.2, 0.25) is 0 Å². The van der Waals surface area contributed by atoms with Gasteiger partial charge in [0.05, 0.1) is 18.8 Å². The third-order valence-corrected chi connectivity index (χ3v) is 4.43. The van der Waals surface area contributed by atoms with Crippen molar-refractivity contribution in [3.63, 3.8) is 0 Å². The van der Waals surface area contributed by atoms with Crippen LogP contribution in [0.4, 0.5) is 10.1 Å². The standard InChI is InChI=1S/C16H22ClFN2O/c1-12(20-9-5-3-2-4-6-10-20)16(21)19-15-8-7-13(17)11-14(15)18/h7-8,11-12H,2-6,9-10H2,1H3,(H,19,21)/p+1/t12-/m1/s1. The number of benzene rings is 1. The molecule has 116 valence electrons. The van der Waals surface area contributed by atoms with Crippen LogP contribution < -0.4 is 10.2 Å². The van der Waals surface area contributed by atoms with Crippen LogP contribution in [0.3, 0.4) is 0 Å². The van der Waals surface area contributed by atoms with E-state index < -0.39 is 5.82 Å². The molecule has 1 amide bonds. The number of quaternary nitrogens is 1. The van der Waals surface area contributed by atoms with E-state index in [4.69, 9.17) is 11.6 Å². The van der Waals surface area contributed by atoms with Crippen molar-refractivity contribution in [1.82, 2.24) is 0 Å². The molecule has 0 unspecified atom stereocenters. The van der Waals surface area contributed by atoms with Crippen LogP contribution in [-0.4, -0.2) is 25.0 Å². The van der Waals surface area contributed by atoms with Crippen LogP contribution in [0.25, 0.3) is 0 Å². The number of carbonyl (C=O) groups is 1. The topological polar surface area (TPSA) is 33.5 Å². The molecule has 2 N–H and O–H groups in total. The molecule has 2 rings (SSSR count). The van der Waals surface area contributed by atoms with E-state index in [-0.39, 0.29) is 17.6 Å². The average molecular weight is 314 g/mol. The molecule has 1 saturated heterocycles. The first kappa shape index (κ1) is 16.2. The molecular formula is C16H23ClFN2O+. The fourth-order valence-electron chi connectivity index (χ4n) is 2.81. The molecule has 1 atom stereocenters. The molecule has 0 aliphatic carbocycles. The minimum absolute atomic E-state index is 0.133. The number of hydrogen-bond acceptors (Lipinski definition) is 1. The summed E-state index contributed by atoms with van der Waals surface area (Å²) in [7, 11) is 0. The van der Waals surface area contributed by atoms with Crippen molar-refractivity contribution in [3.05, 3.63) is 29.0 Å². The average Bonchev–Trinajstić information content (AvgIpc) is 2.41. The van der Waals surface area contributed by atoms with E-state index in [1.165, 1.54) is 36.3 Å². The monoisotopic (exact) mass is 313 g/mol. The minimum atomic E-state index is -0.495. The van der Waals surface area contributed by atoms with Crippen LogP contribution in [0.2, 0.25) is 5.02 Å². The summed E-state index contributed by atoms with van der Waals surface area (Å²) >= 11 is 5.71. The van der Waals surface area contributed by atoms with E-state index in [1.54, 1.807) is 6.07 Å². The van der Waals surface area contributed by atoms with Crippen molar-refractivity contribution in [2.45, 2.75) is 45.1 Å². The summed E-state index contributed by atoms with van der Waals surface area (Å²) in [4.78, 5) is 13.6. The fourth-order valence-corrected chi connectivity index (χ4v) is 2.97. The number of rotatable bonds is 3. The first-order valence-corrected chi connectivity index (χ1v) is 8.06. The summed E-state index contributed by atoms with van der Waals surface area (Å²) < 4.78 is 13.7. The summed E-state index contributed by atoms with van der Waals surface area (Å²) in [5.41, 5.74) is 0.197. The van der Waals surface area contributed by atoms with Gasteiger partial charge in [-0.1, -0.05) is 18.0 Å². The van der Waals surface area contributed by atoms with Crippen molar-refractivity contribution in [1.29, 1.82) is 0 Å².